The second kappa shape index (κ2) is 5.06. The van der Waals surface area contributed by atoms with E-state index in [2.05, 4.69) is 4.90 Å². The number of morpholine rings is 1. The number of benzene rings is 1. The summed E-state index contributed by atoms with van der Waals surface area (Å²) in [6, 6.07) is 3.09. The van der Waals surface area contributed by atoms with Crippen LogP contribution in [0.4, 0.5) is 10.1 Å². The standard InChI is InChI=1S/C14H18FNO2/c1-9-6-14(12(11(3)17)7-13(9)15)16-4-5-18-10(2)8-16/h6-7,10H,4-5,8H2,1-3H3. The minimum Gasteiger partial charge on any atom is -0.375 e. The fraction of sp³-hybridized carbons (Fsp3) is 0.500. The summed E-state index contributed by atoms with van der Waals surface area (Å²) in [6.45, 7) is 7.27. The Kier molecular flexibility index (Phi) is 3.66. The molecule has 0 aromatic heterocycles. The highest BCUT2D eigenvalue weighted by Crippen LogP contribution is 2.26. The summed E-state index contributed by atoms with van der Waals surface area (Å²) in [5.41, 5.74) is 1.83. The van der Waals surface area contributed by atoms with Crippen LogP contribution >= 0.6 is 0 Å². The molecule has 2 rings (SSSR count). The number of halogens is 1. The molecule has 0 aliphatic carbocycles. The Hall–Kier alpha value is -1.42. The zero-order valence-electron chi connectivity index (χ0n) is 11.0. The fourth-order valence-electron chi connectivity index (χ4n) is 2.25. The maximum Gasteiger partial charge on any atom is 0.161 e. The maximum absolute atomic E-state index is 13.6. The highest BCUT2D eigenvalue weighted by Gasteiger charge is 2.21. The first-order valence-electron chi connectivity index (χ1n) is 6.16. The average molecular weight is 251 g/mol. The van der Waals surface area contributed by atoms with Crippen LogP contribution in [0.1, 0.15) is 29.8 Å². The predicted octanol–water partition coefficient (Wildman–Crippen LogP) is 2.56. The van der Waals surface area contributed by atoms with Gasteiger partial charge in [0.1, 0.15) is 5.82 Å². The van der Waals surface area contributed by atoms with Gasteiger partial charge in [-0.25, -0.2) is 4.39 Å². The van der Waals surface area contributed by atoms with Crippen molar-refractivity contribution in [3.8, 4) is 0 Å². The summed E-state index contributed by atoms with van der Waals surface area (Å²) in [5.74, 6) is -0.437. The van der Waals surface area contributed by atoms with Gasteiger partial charge in [0, 0.05) is 24.3 Å². The molecular weight excluding hydrogens is 233 g/mol. The van der Waals surface area contributed by atoms with E-state index >= 15 is 0 Å². The molecule has 0 radical (unpaired) electrons. The second-order valence-corrected chi connectivity index (χ2v) is 4.80. The van der Waals surface area contributed by atoms with Crippen LogP contribution in [0.2, 0.25) is 0 Å². The quantitative estimate of drug-likeness (QED) is 0.757. The molecule has 1 aromatic rings. The van der Waals surface area contributed by atoms with Crippen LogP contribution in [0.25, 0.3) is 0 Å². The Morgan fingerprint density at radius 3 is 2.83 bits per heavy atom. The molecule has 98 valence electrons. The summed E-state index contributed by atoms with van der Waals surface area (Å²) in [7, 11) is 0. The number of hydrogen-bond acceptors (Lipinski definition) is 3. The van der Waals surface area contributed by atoms with Crippen molar-refractivity contribution < 1.29 is 13.9 Å². The monoisotopic (exact) mass is 251 g/mol. The van der Waals surface area contributed by atoms with Gasteiger partial charge in [0.25, 0.3) is 0 Å². The topological polar surface area (TPSA) is 29.5 Å². The second-order valence-electron chi connectivity index (χ2n) is 4.80. The molecule has 1 aliphatic rings. The summed E-state index contributed by atoms with van der Waals surface area (Å²) in [4.78, 5) is 13.7. The van der Waals surface area contributed by atoms with E-state index < -0.39 is 0 Å². The van der Waals surface area contributed by atoms with Crippen LogP contribution in [0.15, 0.2) is 12.1 Å². The van der Waals surface area contributed by atoms with Crippen molar-refractivity contribution in [3.63, 3.8) is 0 Å². The molecule has 1 unspecified atom stereocenters. The van der Waals surface area contributed by atoms with E-state index in [1.165, 1.54) is 13.0 Å². The first kappa shape index (κ1) is 13.0. The molecule has 18 heavy (non-hydrogen) atoms. The fourth-order valence-corrected chi connectivity index (χ4v) is 2.25. The first-order chi connectivity index (χ1) is 8.49. The third kappa shape index (κ3) is 2.53. The molecule has 1 aliphatic heterocycles. The van der Waals surface area contributed by atoms with Crippen molar-refractivity contribution in [2.75, 3.05) is 24.6 Å². The van der Waals surface area contributed by atoms with Gasteiger partial charge in [-0.3, -0.25) is 4.79 Å². The lowest BCUT2D eigenvalue weighted by Gasteiger charge is -2.34. The molecule has 3 nitrogen and oxygen atoms in total. The van der Waals surface area contributed by atoms with E-state index in [1.807, 2.05) is 6.92 Å². The van der Waals surface area contributed by atoms with Crippen molar-refractivity contribution >= 4 is 11.5 Å². The normalized spacial score (nSPS) is 20.0. The average Bonchev–Trinajstić information content (AvgIpc) is 2.31. The minimum atomic E-state index is -0.328. The van der Waals surface area contributed by atoms with Gasteiger partial charge >= 0.3 is 0 Å². The number of Topliss-reactive ketones (excluding diaryl/α,β-unsaturated/α-hetero) is 1. The number of carbonyl (C=O) groups is 1. The molecule has 0 saturated carbocycles. The number of ether oxygens (including phenoxy) is 1. The Morgan fingerprint density at radius 2 is 2.22 bits per heavy atom. The summed E-state index contributed by atoms with van der Waals surface area (Å²) in [6.07, 6.45) is 0.129. The Balaban J connectivity index is 2.41. The van der Waals surface area contributed by atoms with E-state index in [9.17, 15) is 9.18 Å². The van der Waals surface area contributed by atoms with Crippen LogP contribution in [0.5, 0.6) is 0 Å². The highest BCUT2D eigenvalue weighted by atomic mass is 19.1. The summed E-state index contributed by atoms with van der Waals surface area (Å²) >= 11 is 0. The molecule has 0 N–H and O–H groups in total. The smallest absolute Gasteiger partial charge is 0.161 e. The van der Waals surface area contributed by atoms with E-state index in [-0.39, 0.29) is 17.7 Å². The lowest BCUT2D eigenvalue weighted by molar-refractivity contribution is 0.0531. The van der Waals surface area contributed by atoms with Crippen molar-refractivity contribution in [1.82, 2.24) is 0 Å². The molecule has 1 heterocycles. The van der Waals surface area contributed by atoms with Gasteiger partial charge < -0.3 is 9.64 Å². The van der Waals surface area contributed by atoms with Crippen LogP contribution in [0.3, 0.4) is 0 Å². The minimum absolute atomic E-state index is 0.108. The molecule has 0 amide bonds. The van der Waals surface area contributed by atoms with Crippen molar-refractivity contribution in [2.45, 2.75) is 26.9 Å². The lowest BCUT2D eigenvalue weighted by atomic mass is 10.0. The zero-order valence-corrected chi connectivity index (χ0v) is 11.0. The molecule has 1 saturated heterocycles. The molecule has 1 atom stereocenters. The predicted molar refractivity (Wildman–Crippen MR) is 68.8 cm³/mol. The Morgan fingerprint density at radius 1 is 1.50 bits per heavy atom. The molecular formula is C14H18FNO2. The van der Waals surface area contributed by atoms with Crippen LogP contribution < -0.4 is 4.90 Å². The third-order valence-electron chi connectivity index (χ3n) is 3.24. The SMILES string of the molecule is CC(=O)c1cc(F)c(C)cc1N1CCOC(C)C1. The third-order valence-corrected chi connectivity index (χ3v) is 3.24. The number of rotatable bonds is 2. The molecule has 1 fully saturated rings. The molecule has 0 spiro atoms. The summed E-state index contributed by atoms with van der Waals surface area (Å²) < 4.78 is 19.1. The van der Waals surface area contributed by atoms with Gasteiger partial charge in [0.15, 0.2) is 5.78 Å². The zero-order chi connectivity index (χ0) is 13.3. The number of anilines is 1. The Bertz CT molecular complexity index is 473. The number of ketones is 1. The van der Waals surface area contributed by atoms with Gasteiger partial charge in [-0.05, 0) is 38.5 Å². The number of hydrogen-bond donors (Lipinski definition) is 0. The number of aryl methyl sites for hydroxylation is 1. The number of carbonyl (C=O) groups excluding carboxylic acids is 1. The van der Waals surface area contributed by atoms with Crippen molar-refractivity contribution in [2.24, 2.45) is 0 Å². The first-order valence-corrected chi connectivity index (χ1v) is 6.16. The largest absolute Gasteiger partial charge is 0.375 e. The summed E-state index contributed by atoms with van der Waals surface area (Å²) in [5, 5.41) is 0. The maximum atomic E-state index is 13.6. The Labute approximate surface area is 107 Å². The van der Waals surface area contributed by atoms with Gasteiger partial charge in [-0.2, -0.15) is 0 Å². The van der Waals surface area contributed by atoms with E-state index in [0.717, 1.165) is 18.8 Å². The van der Waals surface area contributed by atoms with Crippen LogP contribution in [-0.2, 0) is 4.74 Å². The number of nitrogens with zero attached hydrogens (tertiary/aromatic N) is 1. The van der Waals surface area contributed by atoms with Crippen molar-refractivity contribution in [3.05, 3.63) is 29.1 Å². The van der Waals surface area contributed by atoms with Gasteiger partial charge in [-0.15, -0.1) is 0 Å². The molecule has 4 heteroatoms. The van der Waals surface area contributed by atoms with Gasteiger partial charge in [0.2, 0.25) is 0 Å². The van der Waals surface area contributed by atoms with Crippen LogP contribution in [-0.4, -0.2) is 31.6 Å². The van der Waals surface area contributed by atoms with E-state index in [0.29, 0.717) is 17.7 Å². The lowest BCUT2D eigenvalue weighted by Crippen LogP contribution is -2.41. The van der Waals surface area contributed by atoms with Gasteiger partial charge in [-0.1, -0.05) is 0 Å². The van der Waals surface area contributed by atoms with E-state index in [4.69, 9.17) is 4.74 Å². The van der Waals surface area contributed by atoms with Crippen LogP contribution in [0, 0.1) is 12.7 Å². The highest BCUT2D eigenvalue weighted by molar-refractivity contribution is 6.00. The van der Waals surface area contributed by atoms with Crippen molar-refractivity contribution in [1.29, 1.82) is 0 Å². The molecule has 1 aromatic carbocycles. The van der Waals surface area contributed by atoms with Gasteiger partial charge in [0.05, 0.1) is 12.7 Å². The molecule has 0 bridgehead atoms. The van der Waals surface area contributed by atoms with E-state index in [1.54, 1.807) is 13.0 Å².